The quantitative estimate of drug-likeness (QED) is 0.926. The van der Waals surface area contributed by atoms with Crippen LogP contribution in [0.5, 0.6) is 0 Å². The number of amides is 2. The molecule has 130 valence electrons. The third-order valence-corrected chi connectivity index (χ3v) is 4.64. The van der Waals surface area contributed by atoms with Crippen LogP contribution in [0.1, 0.15) is 24.5 Å². The van der Waals surface area contributed by atoms with Gasteiger partial charge in [0.25, 0.3) is 0 Å². The number of nitrogens with zero attached hydrogens (tertiary/aromatic N) is 2. The second kappa shape index (κ2) is 6.23. The number of aryl methyl sites for hydroxylation is 2. The van der Waals surface area contributed by atoms with Crippen molar-refractivity contribution in [3.8, 4) is 11.3 Å². The fraction of sp³-hybridized carbons (Fsp3) is 0.389. The molecular weight excluding hydrogens is 322 g/mol. The summed E-state index contributed by atoms with van der Waals surface area (Å²) in [7, 11) is 0. The van der Waals surface area contributed by atoms with E-state index in [9.17, 15) is 9.59 Å². The van der Waals surface area contributed by atoms with Gasteiger partial charge in [-0.1, -0.05) is 11.2 Å². The molecule has 0 radical (unpaired) electrons. The molecule has 2 heterocycles. The van der Waals surface area contributed by atoms with Crippen LogP contribution < -0.4 is 10.2 Å². The van der Waals surface area contributed by atoms with Crippen molar-refractivity contribution in [2.45, 2.75) is 32.3 Å². The smallest absolute Gasteiger partial charge is 0.414 e. The topological polar surface area (TPSA) is 84.7 Å². The molecule has 0 spiro atoms. The number of hydrogen-bond acceptors (Lipinski definition) is 5. The molecule has 0 saturated carbocycles. The van der Waals surface area contributed by atoms with Crippen LogP contribution in [-0.2, 0) is 22.4 Å². The molecule has 2 aromatic rings. The van der Waals surface area contributed by atoms with E-state index in [-0.39, 0.29) is 12.0 Å². The van der Waals surface area contributed by atoms with E-state index in [1.807, 2.05) is 18.2 Å². The Balaban J connectivity index is 1.61. The lowest BCUT2D eigenvalue weighted by atomic mass is 10.0. The fourth-order valence-corrected chi connectivity index (χ4v) is 3.39. The summed E-state index contributed by atoms with van der Waals surface area (Å²) >= 11 is 0. The molecule has 1 aromatic heterocycles. The Bertz CT molecular complexity index is 829. The Morgan fingerprint density at radius 1 is 1.36 bits per heavy atom. The standard InChI is InChI=1S/C18H19N3O4/c1-11(22)19-9-15-10-21(18(23)24-15)14-6-5-12-3-2-4-13-8-20-25-17(13)16(12)7-14/h5-8,15H,2-4,9-10H2,1H3,(H,19,22). The minimum atomic E-state index is -0.401. The maximum atomic E-state index is 12.2. The Morgan fingerprint density at radius 2 is 2.20 bits per heavy atom. The van der Waals surface area contributed by atoms with Gasteiger partial charge in [-0.05, 0) is 37.0 Å². The van der Waals surface area contributed by atoms with Crippen molar-refractivity contribution in [3.63, 3.8) is 0 Å². The Labute approximate surface area is 144 Å². The number of ether oxygens (including phenoxy) is 1. The lowest BCUT2D eigenvalue weighted by Gasteiger charge is -2.15. The van der Waals surface area contributed by atoms with E-state index in [0.717, 1.165) is 41.8 Å². The maximum absolute atomic E-state index is 12.2. The lowest BCUT2D eigenvalue weighted by Crippen LogP contribution is -2.33. The van der Waals surface area contributed by atoms with E-state index < -0.39 is 6.09 Å². The van der Waals surface area contributed by atoms with Gasteiger partial charge in [-0.15, -0.1) is 0 Å². The monoisotopic (exact) mass is 341 g/mol. The summed E-state index contributed by atoms with van der Waals surface area (Å²) < 4.78 is 10.8. The van der Waals surface area contributed by atoms with Crippen molar-refractivity contribution in [1.29, 1.82) is 0 Å². The van der Waals surface area contributed by atoms with Gasteiger partial charge in [-0.2, -0.15) is 0 Å². The van der Waals surface area contributed by atoms with Crippen LogP contribution in [0.25, 0.3) is 11.3 Å². The first-order chi connectivity index (χ1) is 12.1. The molecule has 1 N–H and O–H groups in total. The van der Waals surface area contributed by atoms with Gasteiger partial charge in [0.2, 0.25) is 5.91 Å². The second-order valence-electron chi connectivity index (χ2n) is 6.43. The number of nitrogens with one attached hydrogen (secondary N) is 1. The van der Waals surface area contributed by atoms with Crippen LogP contribution in [0.15, 0.2) is 28.9 Å². The van der Waals surface area contributed by atoms with E-state index in [2.05, 4.69) is 10.5 Å². The van der Waals surface area contributed by atoms with Crippen molar-refractivity contribution in [2.24, 2.45) is 0 Å². The van der Waals surface area contributed by atoms with Crippen molar-refractivity contribution in [3.05, 3.63) is 35.5 Å². The van der Waals surface area contributed by atoms with Crippen LogP contribution in [0.3, 0.4) is 0 Å². The summed E-state index contributed by atoms with van der Waals surface area (Å²) in [5.74, 6) is 0.647. The molecule has 2 aliphatic rings. The zero-order valence-corrected chi connectivity index (χ0v) is 13.9. The van der Waals surface area contributed by atoms with Gasteiger partial charge in [-0.3, -0.25) is 9.69 Å². The number of hydrogen-bond donors (Lipinski definition) is 1. The molecule has 7 heteroatoms. The molecule has 1 fully saturated rings. The summed E-state index contributed by atoms with van der Waals surface area (Å²) in [4.78, 5) is 24.8. The van der Waals surface area contributed by atoms with E-state index in [4.69, 9.17) is 9.26 Å². The summed E-state index contributed by atoms with van der Waals surface area (Å²) in [6.07, 6.45) is 3.97. The van der Waals surface area contributed by atoms with Crippen molar-refractivity contribution >= 4 is 17.7 Å². The molecule has 1 aliphatic carbocycles. The molecule has 1 unspecified atom stereocenters. The number of carbonyl (C=O) groups excluding carboxylic acids is 2. The number of rotatable bonds is 3. The maximum Gasteiger partial charge on any atom is 0.414 e. The van der Waals surface area contributed by atoms with Crippen molar-refractivity contribution in [2.75, 3.05) is 18.0 Å². The average Bonchev–Trinajstić information content (AvgIpc) is 3.16. The van der Waals surface area contributed by atoms with Crippen LogP contribution in [-0.4, -0.2) is 36.4 Å². The van der Waals surface area contributed by atoms with Crippen LogP contribution >= 0.6 is 0 Å². The van der Waals surface area contributed by atoms with Gasteiger partial charge in [0.15, 0.2) is 5.76 Å². The molecule has 7 nitrogen and oxygen atoms in total. The highest BCUT2D eigenvalue weighted by Gasteiger charge is 2.33. The zero-order chi connectivity index (χ0) is 17.4. The largest absolute Gasteiger partial charge is 0.442 e. The number of cyclic esters (lactones) is 1. The van der Waals surface area contributed by atoms with Crippen molar-refractivity contribution in [1.82, 2.24) is 10.5 Å². The SMILES string of the molecule is CC(=O)NCC1CN(c2ccc3c(c2)-c2oncc2CCC3)C(=O)O1. The predicted octanol–water partition coefficient (Wildman–Crippen LogP) is 2.29. The number of fused-ring (bicyclic) bond motifs is 3. The van der Waals surface area contributed by atoms with E-state index >= 15 is 0 Å². The zero-order valence-electron chi connectivity index (χ0n) is 13.9. The highest BCUT2D eigenvalue weighted by molar-refractivity contribution is 5.91. The third kappa shape index (κ3) is 2.97. The average molecular weight is 341 g/mol. The van der Waals surface area contributed by atoms with Gasteiger partial charge in [0, 0.05) is 23.7 Å². The lowest BCUT2D eigenvalue weighted by molar-refractivity contribution is -0.119. The number of carbonyl (C=O) groups is 2. The van der Waals surface area contributed by atoms with E-state index in [1.54, 1.807) is 11.1 Å². The van der Waals surface area contributed by atoms with E-state index in [0.29, 0.717) is 13.1 Å². The molecule has 1 aliphatic heterocycles. The van der Waals surface area contributed by atoms with Crippen LogP contribution in [0.2, 0.25) is 0 Å². The first-order valence-corrected chi connectivity index (χ1v) is 8.41. The molecule has 4 rings (SSSR count). The summed E-state index contributed by atoms with van der Waals surface area (Å²) in [5, 5.41) is 6.60. The third-order valence-electron chi connectivity index (χ3n) is 4.64. The Kier molecular flexibility index (Phi) is 3.91. The minimum Gasteiger partial charge on any atom is -0.442 e. The molecular formula is C18H19N3O4. The van der Waals surface area contributed by atoms with Gasteiger partial charge in [-0.25, -0.2) is 4.79 Å². The number of anilines is 1. The molecule has 2 amide bonds. The van der Waals surface area contributed by atoms with Crippen LogP contribution in [0, 0.1) is 0 Å². The first-order valence-electron chi connectivity index (χ1n) is 8.41. The summed E-state index contributed by atoms with van der Waals surface area (Å²) in [6.45, 7) is 2.16. The highest BCUT2D eigenvalue weighted by Crippen LogP contribution is 2.35. The molecule has 25 heavy (non-hydrogen) atoms. The molecule has 1 atom stereocenters. The summed E-state index contributed by atoms with van der Waals surface area (Å²) in [6, 6.07) is 5.94. The summed E-state index contributed by atoms with van der Waals surface area (Å²) in [5.41, 5.74) is 4.05. The van der Waals surface area contributed by atoms with Crippen molar-refractivity contribution < 1.29 is 18.8 Å². The number of benzene rings is 1. The van der Waals surface area contributed by atoms with Gasteiger partial charge < -0.3 is 14.6 Å². The van der Waals surface area contributed by atoms with E-state index in [1.165, 1.54) is 12.5 Å². The van der Waals surface area contributed by atoms with Gasteiger partial charge in [0.1, 0.15) is 6.10 Å². The first kappa shape index (κ1) is 15.7. The molecule has 1 aromatic carbocycles. The Hall–Kier alpha value is -2.83. The highest BCUT2D eigenvalue weighted by atomic mass is 16.6. The second-order valence-corrected chi connectivity index (χ2v) is 6.43. The number of aromatic nitrogens is 1. The molecule has 1 saturated heterocycles. The minimum absolute atomic E-state index is 0.141. The van der Waals surface area contributed by atoms with Gasteiger partial charge >= 0.3 is 6.09 Å². The normalized spacial score (nSPS) is 19.0. The van der Waals surface area contributed by atoms with Crippen LogP contribution in [0.4, 0.5) is 10.5 Å². The predicted molar refractivity (Wildman–Crippen MR) is 90.3 cm³/mol. The Morgan fingerprint density at radius 3 is 3.04 bits per heavy atom. The van der Waals surface area contributed by atoms with Gasteiger partial charge in [0.05, 0.1) is 19.3 Å². The fourth-order valence-electron chi connectivity index (χ4n) is 3.39. The molecule has 0 bridgehead atoms.